The van der Waals surface area contributed by atoms with Crippen LogP contribution in [0.2, 0.25) is 0 Å². The lowest BCUT2D eigenvalue weighted by molar-refractivity contribution is -0.138. The van der Waals surface area contributed by atoms with Crippen LogP contribution < -0.4 is 10.6 Å². The van der Waals surface area contributed by atoms with Gasteiger partial charge in [0.15, 0.2) is 0 Å². The molecular formula is C25H18F6N4O2. The summed E-state index contributed by atoms with van der Waals surface area (Å²) < 4.78 is 79.6. The van der Waals surface area contributed by atoms with Crippen LogP contribution in [0.25, 0.3) is 22.2 Å². The second-order valence-electron chi connectivity index (χ2n) is 7.86. The standard InChI is InChI=1S/C25H18F6N4O2/c26-24(27,28)15-2-4-16(5-3-15)34-19-9-10-32-21-13-14(1-6-17(19)21)22-18(25(29,30)31)7-8-20(35-22)23(37)33-11-12-36/h1-10,13,36H,11-12H2,(H,32,34)(H,33,37). The van der Waals surface area contributed by atoms with Crippen LogP contribution in [0, 0.1) is 0 Å². The molecule has 0 spiro atoms. The number of nitrogens with one attached hydrogen (secondary N) is 2. The van der Waals surface area contributed by atoms with Gasteiger partial charge in [-0.15, -0.1) is 0 Å². The molecule has 2 aromatic carbocycles. The number of alkyl halides is 6. The minimum absolute atomic E-state index is 0.0517. The van der Waals surface area contributed by atoms with Crippen molar-refractivity contribution in [3.8, 4) is 11.3 Å². The van der Waals surface area contributed by atoms with E-state index in [-0.39, 0.29) is 24.4 Å². The molecule has 4 rings (SSSR count). The van der Waals surface area contributed by atoms with Gasteiger partial charge in [0.1, 0.15) is 5.69 Å². The summed E-state index contributed by atoms with van der Waals surface area (Å²) in [4.78, 5) is 20.3. The van der Waals surface area contributed by atoms with Crippen LogP contribution in [0.4, 0.5) is 37.7 Å². The molecular weight excluding hydrogens is 502 g/mol. The maximum Gasteiger partial charge on any atom is 0.418 e. The number of benzene rings is 2. The van der Waals surface area contributed by atoms with E-state index in [0.29, 0.717) is 22.3 Å². The van der Waals surface area contributed by atoms with Gasteiger partial charge in [-0.1, -0.05) is 12.1 Å². The summed E-state index contributed by atoms with van der Waals surface area (Å²) in [5, 5.41) is 14.7. The molecule has 2 heterocycles. The highest BCUT2D eigenvalue weighted by atomic mass is 19.4. The zero-order valence-electron chi connectivity index (χ0n) is 18.8. The molecule has 6 nitrogen and oxygen atoms in total. The molecule has 0 bridgehead atoms. The summed E-state index contributed by atoms with van der Waals surface area (Å²) in [6.45, 7) is -0.441. The first kappa shape index (κ1) is 25.9. The fraction of sp³-hybridized carbons (Fsp3) is 0.160. The van der Waals surface area contributed by atoms with Gasteiger partial charge in [0, 0.05) is 35.1 Å². The number of aromatic nitrogens is 2. The van der Waals surface area contributed by atoms with Crippen LogP contribution in [-0.2, 0) is 12.4 Å². The van der Waals surface area contributed by atoms with Gasteiger partial charge < -0.3 is 15.7 Å². The van der Waals surface area contributed by atoms with E-state index in [0.717, 1.165) is 24.3 Å². The zero-order chi connectivity index (χ0) is 26.8. The van der Waals surface area contributed by atoms with Crippen LogP contribution in [0.15, 0.2) is 66.9 Å². The minimum Gasteiger partial charge on any atom is -0.395 e. The predicted octanol–water partition coefficient (Wildman–Crippen LogP) is 5.80. The van der Waals surface area contributed by atoms with Gasteiger partial charge in [0.2, 0.25) is 0 Å². The number of aliphatic hydroxyl groups excluding tert-OH is 1. The second kappa shape index (κ2) is 10.1. The third kappa shape index (κ3) is 5.80. The smallest absolute Gasteiger partial charge is 0.395 e. The maximum absolute atomic E-state index is 13.7. The molecule has 0 atom stereocenters. The molecule has 0 saturated heterocycles. The number of pyridine rings is 2. The Morgan fingerprint density at radius 2 is 1.62 bits per heavy atom. The normalized spacial score (nSPS) is 12.0. The number of halogens is 6. The monoisotopic (exact) mass is 520 g/mol. The lowest BCUT2D eigenvalue weighted by Crippen LogP contribution is -2.27. The number of carbonyl (C=O) groups excluding carboxylic acids is 1. The van der Waals surface area contributed by atoms with Crippen molar-refractivity contribution in [1.29, 1.82) is 0 Å². The van der Waals surface area contributed by atoms with Crippen molar-refractivity contribution in [2.45, 2.75) is 12.4 Å². The summed E-state index contributed by atoms with van der Waals surface area (Å²) >= 11 is 0. The Balaban J connectivity index is 1.72. The lowest BCUT2D eigenvalue weighted by Gasteiger charge is -2.15. The number of anilines is 2. The molecule has 1 amide bonds. The van der Waals surface area contributed by atoms with Gasteiger partial charge in [-0.3, -0.25) is 9.78 Å². The number of fused-ring (bicyclic) bond motifs is 1. The van der Waals surface area contributed by atoms with E-state index in [1.165, 1.54) is 36.5 Å². The molecule has 0 fully saturated rings. The summed E-state index contributed by atoms with van der Waals surface area (Å²) in [5.74, 6) is -0.744. The number of amides is 1. The van der Waals surface area contributed by atoms with Crippen molar-refractivity contribution in [1.82, 2.24) is 15.3 Å². The average molecular weight is 520 g/mol. The summed E-state index contributed by atoms with van der Waals surface area (Å²) in [6, 6.07) is 11.9. The van der Waals surface area contributed by atoms with Crippen LogP contribution in [0.1, 0.15) is 21.6 Å². The van der Waals surface area contributed by atoms with Crippen molar-refractivity contribution in [3.63, 3.8) is 0 Å². The van der Waals surface area contributed by atoms with Crippen molar-refractivity contribution in [2.24, 2.45) is 0 Å². The highest BCUT2D eigenvalue weighted by molar-refractivity contribution is 5.96. The van der Waals surface area contributed by atoms with Crippen molar-refractivity contribution >= 4 is 28.2 Å². The molecule has 4 aromatic rings. The topological polar surface area (TPSA) is 87.1 Å². The van der Waals surface area contributed by atoms with E-state index < -0.39 is 35.1 Å². The fourth-order valence-corrected chi connectivity index (χ4v) is 3.60. The molecule has 0 aliphatic heterocycles. The molecule has 0 saturated carbocycles. The first-order valence-electron chi connectivity index (χ1n) is 10.8. The predicted molar refractivity (Wildman–Crippen MR) is 124 cm³/mol. The number of hydrogen-bond donors (Lipinski definition) is 3. The first-order valence-corrected chi connectivity index (χ1v) is 10.8. The summed E-state index contributed by atoms with van der Waals surface area (Å²) in [6.07, 6.45) is -7.83. The van der Waals surface area contributed by atoms with E-state index in [4.69, 9.17) is 5.11 Å². The molecule has 0 aliphatic carbocycles. The quantitative estimate of drug-likeness (QED) is 0.280. The largest absolute Gasteiger partial charge is 0.418 e. The van der Waals surface area contributed by atoms with Gasteiger partial charge in [0.25, 0.3) is 5.91 Å². The molecule has 37 heavy (non-hydrogen) atoms. The van der Waals surface area contributed by atoms with Crippen LogP contribution in [0.5, 0.6) is 0 Å². The van der Waals surface area contributed by atoms with Crippen LogP contribution in [0.3, 0.4) is 0 Å². The number of nitrogens with zero attached hydrogens (tertiary/aromatic N) is 2. The summed E-state index contributed by atoms with van der Waals surface area (Å²) in [7, 11) is 0. The average Bonchev–Trinajstić information content (AvgIpc) is 2.86. The van der Waals surface area contributed by atoms with E-state index in [1.54, 1.807) is 6.07 Å². The van der Waals surface area contributed by atoms with Gasteiger partial charge >= 0.3 is 12.4 Å². The Kier molecular flexibility index (Phi) is 7.03. The van der Waals surface area contributed by atoms with Crippen LogP contribution >= 0.6 is 0 Å². The Morgan fingerprint density at radius 1 is 0.892 bits per heavy atom. The van der Waals surface area contributed by atoms with Gasteiger partial charge in [-0.2, -0.15) is 26.3 Å². The summed E-state index contributed by atoms with van der Waals surface area (Å²) in [5.41, 5.74) is -1.41. The van der Waals surface area contributed by atoms with E-state index in [9.17, 15) is 31.1 Å². The van der Waals surface area contributed by atoms with E-state index in [1.807, 2.05) is 0 Å². The Hall–Kier alpha value is -4.19. The maximum atomic E-state index is 13.7. The third-order valence-corrected chi connectivity index (χ3v) is 5.34. The van der Waals surface area contributed by atoms with Crippen molar-refractivity contribution in [3.05, 3.63) is 83.7 Å². The lowest BCUT2D eigenvalue weighted by atomic mass is 10.0. The molecule has 12 heteroatoms. The van der Waals surface area contributed by atoms with Crippen molar-refractivity contribution < 1.29 is 36.2 Å². The number of carbonyl (C=O) groups is 1. The second-order valence-corrected chi connectivity index (χ2v) is 7.86. The third-order valence-electron chi connectivity index (χ3n) is 5.34. The first-order chi connectivity index (χ1) is 17.5. The minimum atomic E-state index is -4.75. The van der Waals surface area contributed by atoms with Gasteiger partial charge in [0.05, 0.1) is 28.9 Å². The Bertz CT molecular complexity index is 1440. The fourth-order valence-electron chi connectivity index (χ4n) is 3.60. The SMILES string of the molecule is O=C(NCCO)c1ccc(C(F)(F)F)c(-c2ccc3c(Nc4ccc(C(F)(F)F)cc4)ccnc3c2)n1. The number of rotatable bonds is 6. The Labute approximate surface area is 206 Å². The number of aliphatic hydroxyl groups is 1. The zero-order valence-corrected chi connectivity index (χ0v) is 18.8. The highest BCUT2D eigenvalue weighted by Gasteiger charge is 2.35. The Morgan fingerprint density at radius 3 is 2.27 bits per heavy atom. The van der Waals surface area contributed by atoms with E-state index in [2.05, 4.69) is 20.6 Å². The van der Waals surface area contributed by atoms with Gasteiger partial charge in [-0.05, 0) is 48.5 Å². The van der Waals surface area contributed by atoms with E-state index >= 15 is 0 Å². The molecule has 2 aromatic heterocycles. The van der Waals surface area contributed by atoms with Crippen molar-refractivity contribution in [2.75, 3.05) is 18.5 Å². The van der Waals surface area contributed by atoms with Crippen LogP contribution in [-0.4, -0.2) is 34.1 Å². The van der Waals surface area contributed by atoms with Gasteiger partial charge in [-0.25, -0.2) is 4.98 Å². The molecule has 0 unspecified atom stereocenters. The molecule has 0 aliphatic rings. The molecule has 3 N–H and O–H groups in total. The number of hydrogen-bond acceptors (Lipinski definition) is 5. The molecule has 0 radical (unpaired) electrons. The highest BCUT2D eigenvalue weighted by Crippen LogP contribution is 2.38. The molecule has 192 valence electrons.